The normalized spacial score (nSPS) is 24.5. The molecule has 1 fully saturated rings. The van der Waals surface area contributed by atoms with E-state index >= 15 is 0 Å². The van der Waals surface area contributed by atoms with Crippen molar-refractivity contribution < 1.29 is 14.4 Å². The zero-order chi connectivity index (χ0) is 27.9. The maximum Gasteiger partial charge on any atom is 0.255 e. The molecule has 2 amide bonds. The summed E-state index contributed by atoms with van der Waals surface area (Å²) >= 11 is 1.48. The van der Waals surface area contributed by atoms with E-state index in [1.165, 1.54) is 11.8 Å². The van der Waals surface area contributed by atoms with Crippen LogP contribution in [0.3, 0.4) is 0 Å². The molecule has 7 rings (SSSR count). The van der Waals surface area contributed by atoms with Gasteiger partial charge in [-0.1, -0.05) is 72.3 Å². The van der Waals surface area contributed by atoms with Crippen LogP contribution in [0.2, 0.25) is 0 Å². The van der Waals surface area contributed by atoms with Gasteiger partial charge in [0.25, 0.3) is 5.91 Å². The van der Waals surface area contributed by atoms with E-state index in [1.807, 2.05) is 49.4 Å². The number of rotatable bonds is 5. The standard InChI is InChI=1S/C30H26N6O3S/c1-30(15-23-21-7-2-3-8-22(21)24(30)14-26(23)37)28(39)34-29-33-25(16-40-29)17-5-4-6-18(13-17)27(38)32-19-9-11-20(12-10-19)35-36-31/h2-13,23-25H,14-16H2,1H3,(H,32,38)(H,33,34,39). The quantitative estimate of drug-likeness (QED) is 0.216. The van der Waals surface area contributed by atoms with E-state index in [2.05, 4.69) is 20.7 Å². The predicted octanol–water partition coefficient (Wildman–Crippen LogP) is 6.39. The molecule has 1 aliphatic heterocycles. The Balaban J connectivity index is 1.14. The lowest BCUT2D eigenvalue weighted by molar-refractivity contribution is -0.137. The summed E-state index contributed by atoms with van der Waals surface area (Å²) in [6, 6.07) is 21.7. The van der Waals surface area contributed by atoms with E-state index in [1.54, 1.807) is 30.3 Å². The van der Waals surface area contributed by atoms with Crippen molar-refractivity contribution in [3.63, 3.8) is 0 Å². The number of hydrogen-bond donors (Lipinski definition) is 2. The van der Waals surface area contributed by atoms with Gasteiger partial charge in [-0.05, 0) is 52.9 Å². The van der Waals surface area contributed by atoms with Crippen molar-refractivity contribution in [1.29, 1.82) is 0 Å². The van der Waals surface area contributed by atoms with Gasteiger partial charge in [-0.25, -0.2) is 0 Å². The number of carbonyl (C=O) groups is 3. The van der Waals surface area contributed by atoms with E-state index in [4.69, 9.17) is 10.5 Å². The second-order valence-electron chi connectivity index (χ2n) is 10.6. The molecule has 3 aromatic carbocycles. The van der Waals surface area contributed by atoms with Crippen molar-refractivity contribution in [2.24, 2.45) is 15.5 Å². The summed E-state index contributed by atoms with van der Waals surface area (Å²) in [5.74, 6) is 0.115. The molecule has 3 aliphatic carbocycles. The molecule has 40 heavy (non-hydrogen) atoms. The summed E-state index contributed by atoms with van der Waals surface area (Å²) in [5, 5.41) is 10.00. The minimum atomic E-state index is -0.689. The average molecular weight is 551 g/mol. The number of amides is 2. The smallest absolute Gasteiger partial charge is 0.255 e. The van der Waals surface area contributed by atoms with Crippen LogP contribution in [-0.4, -0.2) is 28.5 Å². The minimum absolute atomic E-state index is 0.101. The second kappa shape index (κ2) is 10.3. The van der Waals surface area contributed by atoms with Gasteiger partial charge in [0.1, 0.15) is 5.78 Å². The van der Waals surface area contributed by atoms with E-state index in [0.29, 0.717) is 40.7 Å². The highest BCUT2D eigenvalue weighted by atomic mass is 32.2. The zero-order valence-electron chi connectivity index (χ0n) is 21.7. The number of aliphatic imine (C=N–C) groups is 1. The van der Waals surface area contributed by atoms with Crippen LogP contribution in [0.4, 0.5) is 11.4 Å². The van der Waals surface area contributed by atoms with Gasteiger partial charge in [0.2, 0.25) is 5.91 Å². The van der Waals surface area contributed by atoms with Crippen molar-refractivity contribution >= 4 is 45.9 Å². The van der Waals surface area contributed by atoms with Gasteiger partial charge in [-0.3, -0.25) is 19.4 Å². The zero-order valence-corrected chi connectivity index (χ0v) is 22.5. The number of thioether (sulfide) groups is 1. The Hall–Kier alpha value is -4.40. The highest BCUT2D eigenvalue weighted by molar-refractivity contribution is 8.14. The minimum Gasteiger partial charge on any atom is -0.322 e. The maximum absolute atomic E-state index is 13.6. The average Bonchev–Trinajstić information content (AvgIpc) is 3.44. The van der Waals surface area contributed by atoms with Crippen LogP contribution in [0.25, 0.3) is 10.4 Å². The molecule has 4 atom stereocenters. The molecular weight excluding hydrogens is 524 g/mol. The number of anilines is 1. The molecule has 0 saturated heterocycles. The third-order valence-electron chi connectivity index (χ3n) is 8.15. The Kier molecular flexibility index (Phi) is 6.65. The summed E-state index contributed by atoms with van der Waals surface area (Å²) in [6.07, 6.45) is 0.896. The van der Waals surface area contributed by atoms with Crippen LogP contribution in [0.15, 0.2) is 82.9 Å². The molecule has 0 radical (unpaired) electrons. The first-order valence-electron chi connectivity index (χ1n) is 13.1. The van der Waals surface area contributed by atoms with E-state index in [9.17, 15) is 14.4 Å². The Bertz CT molecular complexity index is 1610. The molecule has 3 aromatic rings. The Morgan fingerprint density at radius 3 is 2.60 bits per heavy atom. The highest BCUT2D eigenvalue weighted by Gasteiger charge is 2.54. The van der Waals surface area contributed by atoms with Crippen molar-refractivity contribution in [3.05, 3.63) is 105 Å². The fraction of sp³-hybridized carbons (Fsp3) is 0.267. The molecule has 4 aliphatic rings. The van der Waals surface area contributed by atoms with Crippen molar-refractivity contribution in [2.45, 2.75) is 37.6 Å². The number of fused-ring (bicyclic) bond motifs is 2. The van der Waals surface area contributed by atoms with Crippen LogP contribution in [-0.2, 0) is 9.59 Å². The highest BCUT2D eigenvalue weighted by Crippen LogP contribution is 2.57. The predicted molar refractivity (Wildman–Crippen MR) is 155 cm³/mol. The number of azide groups is 1. The van der Waals surface area contributed by atoms with E-state index < -0.39 is 5.41 Å². The summed E-state index contributed by atoms with van der Waals surface area (Å²) in [5.41, 5.74) is 12.4. The molecular formula is C30H26N6O3S. The maximum atomic E-state index is 13.6. The first-order chi connectivity index (χ1) is 19.4. The molecule has 1 heterocycles. The lowest BCUT2D eigenvalue weighted by Crippen LogP contribution is -2.51. The molecule has 0 aromatic heterocycles. The molecule has 2 bridgehead atoms. The SMILES string of the molecule is CC1(C(=O)NC2=NC(c3cccc(C(=O)Nc4ccc(N=[N+]=[N-])cc4)c3)CS2)CC2C(=O)CC1c1ccccc12. The molecule has 2 N–H and O–H groups in total. The largest absolute Gasteiger partial charge is 0.322 e. The Morgan fingerprint density at radius 1 is 1.05 bits per heavy atom. The summed E-state index contributed by atoms with van der Waals surface area (Å²) < 4.78 is 0. The first-order valence-corrected chi connectivity index (χ1v) is 14.0. The molecule has 4 unspecified atom stereocenters. The van der Waals surface area contributed by atoms with Crippen molar-refractivity contribution in [1.82, 2.24) is 5.32 Å². The van der Waals surface area contributed by atoms with Crippen molar-refractivity contribution in [3.8, 4) is 0 Å². The monoisotopic (exact) mass is 550 g/mol. The number of nitrogens with zero attached hydrogens (tertiary/aromatic N) is 4. The summed E-state index contributed by atoms with van der Waals surface area (Å²) in [7, 11) is 0. The Labute approximate surface area is 235 Å². The van der Waals surface area contributed by atoms with Crippen LogP contribution in [0.5, 0.6) is 0 Å². The number of carbonyl (C=O) groups excluding carboxylic acids is 3. The van der Waals surface area contributed by atoms with Crippen LogP contribution < -0.4 is 10.6 Å². The fourth-order valence-corrected chi connectivity index (χ4v) is 6.94. The lowest BCUT2D eigenvalue weighted by Gasteiger charge is -2.48. The number of ketones is 1. The van der Waals surface area contributed by atoms with Crippen LogP contribution in [0.1, 0.15) is 64.7 Å². The van der Waals surface area contributed by atoms with Crippen LogP contribution >= 0.6 is 11.8 Å². The fourth-order valence-electron chi connectivity index (χ4n) is 5.99. The van der Waals surface area contributed by atoms with Crippen molar-refractivity contribution in [2.75, 3.05) is 11.1 Å². The first kappa shape index (κ1) is 25.9. The number of amidine groups is 1. The molecule has 9 nitrogen and oxygen atoms in total. The lowest BCUT2D eigenvalue weighted by atomic mass is 9.54. The topological polar surface area (TPSA) is 136 Å². The number of hydrogen-bond acceptors (Lipinski definition) is 6. The molecule has 0 spiro atoms. The Morgan fingerprint density at radius 2 is 1.82 bits per heavy atom. The van der Waals surface area contributed by atoms with Gasteiger partial charge in [-0.2, -0.15) is 0 Å². The molecule has 1 saturated carbocycles. The van der Waals surface area contributed by atoms with Crippen LogP contribution in [0, 0.1) is 5.41 Å². The third-order valence-corrected chi connectivity index (χ3v) is 9.11. The van der Waals surface area contributed by atoms with Gasteiger partial charge < -0.3 is 10.6 Å². The number of benzene rings is 3. The van der Waals surface area contributed by atoms with Gasteiger partial charge >= 0.3 is 0 Å². The van der Waals surface area contributed by atoms with E-state index in [0.717, 1.165) is 16.7 Å². The molecule has 10 heteroatoms. The van der Waals surface area contributed by atoms with Gasteiger partial charge in [0.05, 0.1) is 11.5 Å². The second-order valence-corrected chi connectivity index (χ2v) is 11.6. The van der Waals surface area contributed by atoms with Gasteiger partial charge in [-0.15, -0.1) is 0 Å². The van der Waals surface area contributed by atoms with E-state index in [-0.39, 0.29) is 35.5 Å². The van der Waals surface area contributed by atoms with Gasteiger partial charge in [0.15, 0.2) is 5.17 Å². The number of Topliss-reactive ketones (excluding diaryl/α,β-unsaturated/α-hetero) is 1. The van der Waals surface area contributed by atoms with Gasteiger partial charge in [0, 0.05) is 45.9 Å². The summed E-state index contributed by atoms with van der Waals surface area (Å²) in [6.45, 7) is 1.96. The molecule has 200 valence electrons. The summed E-state index contributed by atoms with van der Waals surface area (Å²) in [4.78, 5) is 46.7. The number of nitrogens with one attached hydrogen (secondary N) is 2. The third kappa shape index (κ3) is 4.65.